The van der Waals surface area contributed by atoms with Crippen molar-refractivity contribution in [2.75, 3.05) is 11.9 Å². The summed E-state index contributed by atoms with van der Waals surface area (Å²) < 4.78 is 23.9. The molecule has 166 valence electrons. The fourth-order valence-corrected chi connectivity index (χ4v) is 3.15. The zero-order valence-electron chi connectivity index (χ0n) is 17.7. The summed E-state index contributed by atoms with van der Waals surface area (Å²) >= 11 is 0. The van der Waals surface area contributed by atoms with Gasteiger partial charge in [-0.2, -0.15) is 0 Å². The van der Waals surface area contributed by atoms with Crippen LogP contribution >= 0.6 is 0 Å². The van der Waals surface area contributed by atoms with Crippen LogP contribution in [0, 0.1) is 5.82 Å². The highest BCUT2D eigenvalue weighted by atomic mass is 19.1. The molecule has 1 N–H and O–H groups in total. The van der Waals surface area contributed by atoms with E-state index in [1.165, 1.54) is 35.4 Å². The van der Waals surface area contributed by atoms with Gasteiger partial charge in [-0.1, -0.05) is 12.1 Å². The molecule has 0 aliphatic heterocycles. The Labute approximate surface area is 189 Å². The van der Waals surface area contributed by atoms with Gasteiger partial charge in [-0.15, -0.1) is 0 Å². The standard InChI is InChI=1S/C25H20FN3O4/c1-29(25(31)22-7-4-14-32-22)21-6-3-2-5-20(21)24(30)28-16-17-12-13-27-23(15-17)33-19-10-8-18(26)9-11-19/h2-15H,16H2,1H3,(H,28,30). The Kier molecular flexibility index (Phi) is 6.45. The summed E-state index contributed by atoms with van der Waals surface area (Å²) in [6.45, 7) is 0.214. The maximum Gasteiger partial charge on any atom is 0.293 e. The lowest BCUT2D eigenvalue weighted by Crippen LogP contribution is -2.30. The molecule has 4 aromatic rings. The lowest BCUT2D eigenvalue weighted by atomic mass is 10.1. The maximum atomic E-state index is 13.1. The van der Waals surface area contributed by atoms with E-state index in [-0.39, 0.29) is 29.9 Å². The molecule has 0 fully saturated rings. The molecule has 2 amide bonds. The van der Waals surface area contributed by atoms with Crippen molar-refractivity contribution in [2.24, 2.45) is 0 Å². The van der Waals surface area contributed by atoms with Crippen molar-refractivity contribution in [1.82, 2.24) is 10.3 Å². The Morgan fingerprint density at radius 2 is 1.85 bits per heavy atom. The first-order chi connectivity index (χ1) is 16.0. The summed E-state index contributed by atoms with van der Waals surface area (Å²) in [4.78, 5) is 31.0. The molecule has 7 nitrogen and oxygen atoms in total. The first-order valence-electron chi connectivity index (χ1n) is 10.1. The zero-order chi connectivity index (χ0) is 23.2. The number of pyridine rings is 1. The van der Waals surface area contributed by atoms with E-state index < -0.39 is 0 Å². The number of nitrogens with zero attached hydrogens (tertiary/aromatic N) is 2. The van der Waals surface area contributed by atoms with Crippen LogP contribution in [0.25, 0.3) is 0 Å². The molecule has 8 heteroatoms. The van der Waals surface area contributed by atoms with Gasteiger partial charge in [0.05, 0.1) is 17.5 Å². The molecule has 0 unspecified atom stereocenters. The van der Waals surface area contributed by atoms with Crippen LogP contribution in [-0.2, 0) is 6.54 Å². The smallest absolute Gasteiger partial charge is 0.293 e. The lowest BCUT2D eigenvalue weighted by molar-refractivity contribution is 0.0951. The van der Waals surface area contributed by atoms with Gasteiger partial charge >= 0.3 is 0 Å². The van der Waals surface area contributed by atoms with E-state index in [0.717, 1.165) is 5.56 Å². The fraction of sp³-hybridized carbons (Fsp3) is 0.0800. The van der Waals surface area contributed by atoms with Crippen LogP contribution in [0.3, 0.4) is 0 Å². The molecule has 2 heterocycles. The molecule has 0 atom stereocenters. The average molecular weight is 445 g/mol. The highest BCUT2D eigenvalue weighted by molar-refractivity contribution is 6.09. The monoisotopic (exact) mass is 445 g/mol. The summed E-state index contributed by atoms with van der Waals surface area (Å²) in [5.74, 6) is -0.123. The van der Waals surface area contributed by atoms with Gasteiger partial charge in [-0.25, -0.2) is 9.37 Å². The van der Waals surface area contributed by atoms with Gasteiger partial charge in [0.15, 0.2) is 5.76 Å². The number of hydrogen-bond acceptors (Lipinski definition) is 5. The number of carbonyl (C=O) groups is 2. The molecule has 0 spiro atoms. The van der Waals surface area contributed by atoms with Crippen molar-refractivity contribution in [3.8, 4) is 11.6 Å². The number of rotatable bonds is 7. The van der Waals surface area contributed by atoms with E-state index in [4.69, 9.17) is 9.15 Å². The van der Waals surface area contributed by atoms with Gasteiger partial charge in [0.2, 0.25) is 5.88 Å². The van der Waals surface area contributed by atoms with E-state index in [9.17, 15) is 14.0 Å². The number of halogens is 1. The molecule has 4 rings (SSSR count). The number of benzene rings is 2. The quantitative estimate of drug-likeness (QED) is 0.441. The molecular weight excluding hydrogens is 425 g/mol. The molecular formula is C25H20FN3O4. The van der Waals surface area contributed by atoms with Crippen LogP contribution in [-0.4, -0.2) is 23.8 Å². The number of carbonyl (C=O) groups excluding carboxylic acids is 2. The Morgan fingerprint density at radius 1 is 1.06 bits per heavy atom. The second-order valence-corrected chi connectivity index (χ2v) is 7.10. The van der Waals surface area contributed by atoms with Gasteiger partial charge < -0.3 is 19.4 Å². The molecule has 0 aliphatic carbocycles. The van der Waals surface area contributed by atoms with Crippen molar-refractivity contribution in [3.05, 3.63) is 108 Å². The van der Waals surface area contributed by atoms with Gasteiger partial charge in [-0.3, -0.25) is 9.59 Å². The normalized spacial score (nSPS) is 10.5. The van der Waals surface area contributed by atoms with Crippen LogP contribution in [0.5, 0.6) is 11.6 Å². The SMILES string of the molecule is CN(C(=O)c1ccco1)c1ccccc1C(=O)NCc1ccnc(Oc2ccc(F)cc2)c1. The summed E-state index contributed by atoms with van der Waals surface area (Å²) in [5, 5.41) is 2.85. The van der Waals surface area contributed by atoms with Gasteiger partial charge in [0.25, 0.3) is 11.8 Å². The molecule has 2 aromatic heterocycles. The summed E-state index contributed by atoms with van der Waals surface area (Å²) in [6, 6.07) is 19.0. The predicted octanol–water partition coefficient (Wildman–Crippen LogP) is 4.81. The van der Waals surface area contributed by atoms with E-state index in [0.29, 0.717) is 22.9 Å². The maximum absolute atomic E-state index is 13.1. The number of ether oxygens (including phenoxy) is 1. The highest BCUT2D eigenvalue weighted by Crippen LogP contribution is 2.23. The number of nitrogens with one attached hydrogen (secondary N) is 1. The third-order valence-corrected chi connectivity index (χ3v) is 4.84. The molecule has 2 aromatic carbocycles. The summed E-state index contributed by atoms with van der Waals surface area (Å²) in [6.07, 6.45) is 2.98. The average Bonchev–Trinajstić information content (AvgIpc) is 3.38. The highest BCUT2D eigenvalue weighted by Gasteiger charge is 2.21. The summed E-state index contributed by atoms with van der Waals surface area (Å²) in [5.41, 5.74) is 1.55. The molecule has 33 heavy (non-hydrogen) atoms. The summed E-state index contributed by atoms with van der Waals surface area (Å²) in [7, 11) is 1.58. The molecule has 0 aliphatic rings. The molecule has 0 saturated heterocycles. The minimum absolute atomic E-state index is 0.179. The number of anilines is 1. The third-order valence-electron chi connectivity index (χ3n) is 4.84. The second kappa shape index (κ2) is 9.78. The van der Waals surface area contributed by atoms with Gasteiger partial charge in [-0.05, 0) is 60.2 Å². The van der Waals surface area contributed by atoms with Crippen molar-refractivity contribution >= 4 is 17.5 Å². The largest absolute Gasteiger partial charge is 0.459 e. The van der Waals surface area contributed by atoms with E-state index in [1.54, 1.807) is 61.8 Å². The zero-order valence-corrected chi connectivity index (χ0v) is 17.7. The number of aromatic nitrogens is 1. The van der Waals surface area contributed by atoms with Gasteiger partial charge in [0.1, 0.15) is 11.6 Å². The number of amides is 2. The molecule has 0 radical (unpaired) electrons. The van der Waals surface area contributed by atoms with E-state index in [2.05, 4.69) is 10.3 Å². The predicted molar refractivity (Wildman–Crippen MR) is 120 cm³/mol. The Balaban J connectivity index is 1.44. The first-order valence-corrected chi connectivity index (χ1v) is 10.1. The first kappa shape index (κ1) is 21.8. The third kappa shape index (κ3) is 5.24. The Hall–Kier alpha value is -4.46. The van der Waals surface area contributed by atoms with Crippen LogP contribution in [0.1, 0.15) is 26.5 Å². The fourth-order valence-electron chi connectivity index (χ4n) is 3.15. The van der Waals surface area contributed by atoms with Crippen molar-refractivity contribution in [1.29, 1.82) is 0 Å². The number of para-hydroxylation sites is 1. The Morgan fingerprint density at radius 3 is 2.61 bits per heavy atom. The minimum atomic E-state index is -0.364. The molecule has 0 saturated carbocycles. The lowest BCUT2D eigenvalue weighted by Gasteiger charge is -2.19. The molecule has 0 bridgehead atoms. The van der Waals surface area contributed by atoms with Crippen molar-refractivity contribution in [2.45, 2.75) is 6.54 Å². The topological polar surface area (TPSA) is 84.7 Å². The van der Waals surface area contributed by atoms with Crippen LogP contribution in [0.2, 0.25) is 0 Å². The van der Waals surface area contributed by atoms with Crippen LogP contribution in [0.15, 0.2) is 89.7 Å². The minimum Gasteiger partial charge on any atom is -0.459 e. The Bertz CT molecular complexity index is 1260. The number of hydrogen-bond donors (Lipinski definition) is 1. The van der Waals surface area contributed by atoms with Crippen LogP contribution in [0.4, 0.5) is 10.1 Å². The van der Waals surface area contributed by atoms with Gasteiger partial charge in [0, 0.05) is 25.9 Å². The van der Waals surface area contributed by atoms with Crippen molar-refractivity contribution in [3.63, 3.8) is 0 Å². The van der Waals surface area contributed by atoms with E-state index in [1.807, 2.05) is 0 Å². The van der Waals surface area contributed by atoms with Crippen LogP contribution < -0.4 is 15.0 Å². The number of furan rings is 1. The second-order valence-electron chi connectivity index (χ2n) is 7.10. The van der Waals surface area contributed by atoms with Crippen molar-refractivity contribution < 1.29 is 23.1 Å². The van der Waals surface area contributed by atoms with E-state index >= 15 is 0 Å².